The zero-order valence-electron chi connectivity index (χ0n) is 9.90. The summed E-state index contributed by atoms with van der Waals surface area (Å²) in [6, 6.07) is 1.86. The summed E-state index contributed by atoms with van der Waals surface area (Å²) in [5, 5.41) is 0. The lowest BCUT2D eigenvalue weighted by molar-refractivity contribution is 0.0793. The first-order valence-electron chi connectivity index (χ1n) is 5.32. The molecule has 4 heteroatoms. The van der Waals surface area contributed by atoms with Crippen LogP contribution in [0.25, 0.3) is 0 Å². The Morgan fingerprint density at radius 2 is 2.25 bits per heavy atom. The van der Waals surface area contributed by atoms with E-state index >= 15 is 0 Å². The van der Waals surface area contributed by atoms with E-state index in [2.05, 4.69) is 27.8 Å². The van der Waals surface area contributed by atoms with Crippen molar-refractivity contribution < 1.29 is 4.79 Å². The van der Waals surface area contributed by atoms with Crippen LogP contribution in [0.2, 0.25) is 0 Å². The van der Waals surface area contributed by atoms with Crippen molar-refractivity contribution in [3.8, 4) is 0 Å². The Balaban J connectivity index is 2.63. The highest BCUT2D eigenvalue weighted by atomic mass is 79.9. The maximum atomic E-state index is 12.0. The lowest BCUT2D eigenvalue weighted by Crippen LogP contribution is -2.28. The number of halogens is 1. The summed E-state index contributed by atoms with van der Waals surface area (Å²) in [7, 11) is 1.82. The lowest BCUT2D eigenvalue weighted by atomic mass is 10.2. The summed E-state index contributed by atoms with van der Waals surface area (Å²) >= 11 is 3.47. The summed E-state index contributed by atoms with van der Waals surface area (Å²) in [6.45, 7) is 4.76. The molecule has 0 fully saturated rings. The Labute approximate surface area is 105 Å². The first-order valence-corrected chi connectivity index (χ1v) is 6.23. The summed E-state index contributed by atoms with van der Waals surface area (Å²) in [5.74, 6) is 0.0318. The van der Waals surface area contributed by atoms with E-state index in [1.165, 1.54) is 0 Å². The fraction of sp³-hybridized carbons (Fsp3) is 0.500. The Morgan fingerprint density at radius 3 is 2.81 bits per heavy atom. The molecule has 88 valence electrons. The first kappa shape index (κ1) is 13.2. The molecule has 1 unspecified atom stereocenters. The third kappa shape index (κ3) is 3.93. The highest BCUT2D eigenvalue weighted by Crippen LogP contribution is 2.08. The second-order valence-corrected chi connectivity index (χ2v) is 5.61. The molecule has 0 bridgehead atoms. The number of aromatic nitrogens is 1. The van der Waals surface area contributed by atoms with Gasteiger partial charge in [-0.2, -0.15) is 0 Å². The number of rotatable bonds is 4. The Hall–Kier alpha value is -0.900. The Kier molecular flexibility index (Phi) is 4.93. The summed E-state index contributed by atoms with van der Waals surface area (Å²) < 4.78 is 0. The van der Waals surface area contributed by atoms with Crippen molar-refractivity contribution in [2.24, 2.45) is 0 Å². The van der Waals surface area contributed by atoms with Gasteiger partial charge in [-0.05, 0) is 25.0 Å². The number of carbonyl (C=O) groups excluding carboxylic acids is 1. The first-order chi connectivity index (χ1) is 7.50. The second kappa shape index (κ2) is 5.99. The van der Waals surface area contributed by atoms with Gasteiger partial charge in [0.25, 0.3) is 5.91 Å². The van der Waals surface area contributed by atoms with Gasteiger partial charge in [-0.25, -0.2) is 0 Å². The zero-order chi connectivity index (χ0) is 12.1. The van der Waals surface area contributed by atoms with E-state index in [1.54, 1.807) is 17.3 Å². The minimum absolute atomic E-state index is 0.0318. The third-order valence-corrected chi connectivity index (χ3v) is 2.79. The molecule has 1 atom stereocenters. The number of nitrogens with zero attached hydrogens (tertiary/aromatic N) is 2. The molecule has 0 aliphatic heterocycles. The van der Waals surface area contributed by atoms with E-state index in [0.717, 1.165) is 18.5 Å². The highest BCUT2D eigenvalue weighted by Gasteiger charge is 2.12. The molecule has 0 aliphatic carbocycles. The molecule has 0 aromatic carbocycles. The van der Waals surface area contributed by atoms with E-state index in [4.69, 9.17) is 0 Å². The lowest BCUT2D eigenvalue weighted by Gasteiger charge is -2.17. The number of aryl methyl sites for hydroxylation is 1. The normalized spacial score (nSPS) is 12.2. The van der Waals surface area contributed by atoms with Crippen molar-refractivity contribution in [3.63, 3.8) is 0 Å². The van der Waals surface area contributed by atoms with Crippen molar-refractivity contribution in [2.45, 2.75) is 25.1 Å². The minimum atomic E-state index is 0.0318. The van der Waals surface area contributed by atoms with E-state index in [1.807, 2.05) is 20.0 Å². The molecule has 16 heavy (non-hydrogen) atoms. The maximum absolute atomic E-state index is 12.0. The van der Waals surface area contributed by atoms with Gasteiger partial charge >= 0.3 is 0 Å². The average Bonchev–Trinajstić information content (AvgIpc) is 2.24. The number of pyridine rings is 1. The van der Waals surface area contributed by atoms with Gasteiger partial charge in [0.05, 0.1) is 5.56 Å². The van der Waals surface area contributed by atoms with Crippen LogP contribution in [-0.4, -0.2) is 34.2 Å². The molecule has 0 saturated carbocycles. The van der Waals surface area contributed by atoms with E-state index < -0.39 is 0 Å². The van der Waals surface area contributed by atoms with Crippen LogP contribution in [0.3, 0.4) is 0 Å². The van der Waals surface area contributed by atoms with Gasteiger partial charge in [0.2, 0.25) is 0 Å². The van der Waals surface area contributed by atoms with Crippen molar-refractivity contribution in [1.29, 1.82) is 0 Å². The van der Waals surface area contributed by atoms with Gasteiger partial charge < -0.3 is 4.90 Å². The van der Waals surface area contributed by atoms with Crippen LogP contribution in [0.4, 0.5) is 0 Å². The smallest absolute Gasteiger partial charge is 0.255 e. The Bertz CT molecular complexity index is 366. The van der Waals surface area contributed by atoms with E-state index in [9.17, 15) is 4.79 Å². The van der Waals surface area contributed by atoms with Gasteiger partial charge in [0.1, 0.15) is 0 Å². The van der Waals surface area contributed by atoms with Crippen molar-refractivity contribution >= 4 is 21.8 Å². The standard InChI is InChI=1S/C12H17BrN2O/c1-9-6-11(8-14-7-9)12(16)15(3)5-4-10(2)13/h6-8,10H,4-5H2,1-3H3. The number of amides is 1. The molecule has 0 aliphatic rings. The number of hydrogen-bond acceptors (Lipinski definition) is 2. The maximum Gasteiger partial charge on any atom is 0.255 e. The fourth-order valence-electron chi connectivity index (χ4n) is 1.37. The van der Waals surface area contributed by atoms with Crippen molar-refractivity contribution in [3.05, 3.63) is 29.6 Å². The molecule has 1 amide bonds. The molecular formula is C12H17BrN2O. The van der Waals surface area contributed by atoms with Crippen LogP contribution in [0.15, 0.2) is 18.5 Å². The zero-order valence-corrected chi connectivity index (χ0v) is 11.5. The molecule has 1 aromatic heterocycles. The molecule has 0 N–H and O–H groups in total. The van der Waals surface area contributed by atoms with Gasteiger partial charge in [-0.15, -0.1) is 0 Å². The monoisotopic (exact) mass is 284 g/mol. The van der Waals surface area contributed by atoms with Gasteiger partial charge in [-0.1, -0.05) is 22.9 Å². The predicted octanol–water partition coefficient (Wildman–Crippen LogP) is 2.64. The molecule has 1 heterocycles. The largest absolute Gasteiger partial charge is 0.342 e. The van der Waals surface area contributed by atoms with Crippen molar-refractivity contribution in [2.75, 3.05) is 13.6 Å². The number of hydrogen-bond donors (Lipinski definition) is 0. The topological polar surface area (TPSA) is 33.2 Å². The van der Waals surface area contributed by atoms with Gasteiger partial charge in [0, 0.05) is 30.8 Å². The van der Waals surface area contributed by atoms with Crippen molar-refractivity contribution in [1.82, 2.24) is 9.88 Å². The SMILES string of the molecule is Cc1cncc(C(=O)N(C)CCC(C)Br)c1. The van der Waals surface area contributed by atoms with Crippen LogP contribution in [0.5, 0.6) is 0 Å². The van der Waals surface area contributed by atoms with E-state index in [-0.39, 0.29) is 5.91 Å². The van der Waals surface area contributed by atoms with Crippen LogP contribution in [0.1, 0.15) is 29.3 Å². The second-order valence-electron chi connectivity index (χ2n) is 4.05. The van der Waals surface area contributed by atoms with Gasteiger partial charge in [-0.3, -0.25) is 9.78 Å². The fourth-order valence-corrected chi connectivity index (χ4v) is 1.57. The molecular weight excluding hydrogens is 268 g/mol. The minimum Gasteiger partial charge on any atom is -0.342 e. The van der Waals surface area contributed by atoms with Crippen LogP contribution in [-0.2, 0) is 0 Å². The average molecular weight is 285 g/mol. The molecule has 1 rings (SSSR count). The molecule has 0 saturated heterocycles. The van der Waals surface area contributed by atoms with Gasteiger partial charge in [0.15, 0.2) is 0 Å². The molecule has 3 nitrogen and oxygen atoms in total. The molecule has 0 spiro atoms. The Morgan fingerprint density at radius 1 is 1.56 bits per heavy atom. The third-order valence-electron chi connectivity index (χ3n) is 2.33. The summed E-state index contributed by atoms with van der Waals surface area (Å²) in [4.78, 5) is 18.2. The summed E-state index contributed by atoms with van der Waals surface area (Å²) in [5.41, 5.74) is 1.66. The quantitative estimate of drug-likeness (QED) is 0.797. The summed E-state index contributed by atoms with van der Waals surface area (Å²) in [6.07, 6.45) is 4.31. The number of alkyl halides is 1. The van der Waals surface area contributed by atoms with E-state index in [0.29, 0.717) is 10.4 Å². The van der Waals surface area contributed by atoms with Crippen LogP contribution in [0, 0.1) is 6.92 Å². The highest BCUT2D eigenvalue weighted by molar-refractivity contribution is 9.09. The van der Waals surface area contributed by atoms with Crippen LogP contribution >= 0.6 is 15.9 Å². The predicted molar refractivity (Wildman–Crippen MR) is 68.9 cm³/mol. The molecule has 1 aromatic rings. The number of carbonyl (C=O) groups is 1. The molecule has 0 radical (unpaired) electrons. The van der Waals surface area contributed by atoms with Crippen LogP contribution < -0.4 is 0 Å².